The second-order valence-corrected chi connectivity index (χ2v) is 13.9. The predicted octanol–water partition coefficient (Wildman–Crippen LogP) is 2.71. The lowest BCUT2D eigenvalue weighted by Crippen LogP contribution is -2.70. The summed E-state index contributed by atoms with van der Waals surface area (Å²) in [5, 5.41) is 18.6. The van der Waals surface area contributed by atoms with E-state index in [4.69, 9.17) is 18.9 Å². The smallest absolute Gasteiger partial charge is 0.337 e. The number of aliphatic hydroxyl groups excluding tert-OH is 2. The molecule has 1 aromatic carbocycles. The molecule has 1 fully saturated rings. The van der Waals surface area contributed by atoms with Crippen LogP contribution in [0, 0.1) is 16.2 Å². The van der Waals surface area contributed by atoms with Crippen molar-refractivity contribution in [3.63, 3.8) is 0 Å². The second-order valence-electron chi connectivity index (χ2n) is 12.4. The van der Waals surface area contributed by atoms with Gasteiger partial charge in [0.15, 0.2) is 6.10 Å². The number of aliphatic hydroxyl groups is 2. The third-order valence-corrected chi connectivity index (χ3v) is 7.25. The Morgan fingerprint density at radius 2 is 1.34 bits per heavy atom. The van der Waals surface area contributed by atoms with Gasteiger partial charge in [0.1, 0.15) is 23.0 Å². The molecule has 0 spiro atoms. The molecule has 0 saturated carbocycles. The van der Waals surface area contributed by atoms with Gasteiger partial charge in [-0.3, -0.25) is 14.4 Å². The minimum absolute atomic E-state index is 0.139. The molecular formula is C27H40O10S. The van der Waals surface area contributed by atoms with Gasteiger partial charge in [-0.2, -0.15) is 0 Å². The molecule has 0 aliphatic carbocycles. The standard InChI is InChI=1S/C27H40O10S/c1-24(2,3)21(30)34-19-18(29)17(15-28)36-27(37-23(32)26(7,8)9,20(19)35-22(31)25(4,5)6)38(33)16-13-11-10-12-14-16/h10-14,17-20,28-29H,15H2,1-9H3/t17-,18+,19+,20-,27-,38?/m0/s1. The number of ether oxygens (including phenoxy) is 4. The summed E-state index contributed by atoms with van der Waals surface area (Å²) in [6.45, 7) is 13.3. The maximum atomic E-state index is 14.2. The molecule has 2 rings (SSSR count). The van der Waals surface area contributed by atoms with Crippen molar-refractivity contribution in [1.82, 2.24) is 0 Å². The van der Waals surface area contributed by atoms with Crippen LogP contribution >= 0.6 is 0 Å². The normalized spacial score (nSPS) is 27.2. The summed E-state index contributed by atoms with van der Waals surface area (Å²) in [6, 6.07) is 7.86. The highest BCUT2D eigenvalue weighted by Crippen LogP contribution is 2.42. The third kappa shape index (κ3) is 6.99. The highest BCUT2D eigenvalue weighted by molar-refractivity contribution is 7.86. The summed E-state index contributed by atoms with van der Waals surface area (Å²) < 4.78 is 37.4. The summed E-state index contributed by atoms with van der Waals surface area (Å²) in [7, 11) is -2.41. The van der Waals surface area contributed by atoms with Crippen molar-refractivity contribution in [2.75, 3.05) is 6.61 Å². The molecule has 1 aliphatic rings. The molecule has 38 heavy (non-hydrogen) atoms. The van der Waals surface area contributed by atoms with E-state index in [-0.39, 0.29) is 4.90 Å². The first-order valence-electron chi connectivity index (χ1n) is 12.3. The Kier molecular flexibility index (Phi) is 9.57. The first-order chi connectivity index (χ1) is 17.3. The van der Waals surface area contributed by atoms with E-state index >= 15 is 0 Å². The van der Waals surface area contributed by atoms with Gasteiger partial charge in [-0.15, -0.1) is 0 Å². The topological polar surface area (TPSA) is 146 Å². The maximum absolute atomic E-state index is 14.2. The number of rotatable bonds is 6. The molecule has 6 atom stereocenters. The molecule has 1 aromatic rings. The predicted molar refractivity (Wildman–Crippen MR) is 138 cm³/mol. The molecule has 1 unspecified atom stereocenters. The van der Waals surface area contributed by atoms with E-state index in [1.165, 1.54) is 12.1 Å². The average Bonchev–Trinajstić information content (AvgIpc) is 2.80. The van der Waals surface area contributed by atoms with Gasteiger partial charge in [-0.1, -0.05) is 18.2 Å². The molecule has 1 saturated heterocycles. The molecule has 11 heteroatoms. The van der Waals surface area contributed by atoms with Crippen molar-refractivity contribution in [2.45, 2.75) is 96.7 Å². The first kappa shape index (κ1) is 31.9. The molecule has 0 aromatic heterocycles. The lowest BCUT2D eigenvalue weighted by Gasteiger charge is -2.49. The fraction of sp³-hybridized carbons (Fsp3) is 0.667. The van der Waals surface area contributed by atoms with Gasteiger partial charge in [0.05, 0.1) is 22.9 Å². The fourth-order valence-electron chi connectivity index (χ4n) is 3.21. The van der Waals surface area contributed by atoms with Crippen LogP contribution in [0.3, 0.4) is 0 Å². The van der Waals surface area contributed by atoms with Gasteiger partial charge < -0.3 is 29.2 Å². The van der Waals surface area contributed by atoms with Crippen LogP contribution in [0.15, 0.2) is 35.2 Å². The second kappa shape index (κ2) is 11.4. The van der Waals surface area contributed by atoms with Crippen LogP contribution in [0.1, 0.15) is 62.3 Å². The van der Waals surface area contributed by atoms with Crippen molar-refractivity contribution < 1.29 is 47.8 Å². The van der Waals surface area contributed by atoms with Crippen LogP contribution in [0.25, 0.3) is 0 Å². The van der Waals surface area contributed by atoms with Crippen LogP contribution < -0.4 is 0 Å². The molecule has 2 N–H and O–H groups in total. The minimum atomic E-state index is -2.60. The molecule has 1 heterocycles. The van der Waals surface area contributed by atoms with E-state index in [0.29, 0.717) is 0 Å². The van der Waals surface area contributed by atoms with Crippen molar-refractivity contribution in [1.29, 1.82) is 0 Å². The summed E-state index contributed by atoms with van der Waals surface area (Å²) in [4.78, 5) is 39.5. The van der Waals surface area contributed by atoms with Crippen molar-refractivity contribution >= 4 is 28.7 Å². The zero-order valence-corrected chi connectivity index (χ0v) is 24.3. The Morgan fingerprint density at radius 1 is 0.868 bits per heavy atom. The summed E-state index contributed by atoms with van der Waals surface area (Å²) in [5.41, 5.74) is -3.27. The van der Waals surface area contributed by atoms with Crippen molar-refractivity contribution in [3.05, 3.63) is 30.3 Å². The first-order valence-corrected chi connectivity index (χ1v) is 13.5. The summed E-state index contributed by atoms with van der Waals surface area (Å²) in [5.74, 6) is -2.47. The highest BCUT2D eigenvalue weighted by Gasteiger charge is 2.65. The highest BCUT2D eigenvalue weighted by atomic mass is 32.2. The largest absolute Gasteiger partial charge is 0.455 e. The molecule has 10 nitrogen and oxygen atoms in total. The van der Waals surface area contributed by atoms with Gasteiger partial charge >= 0.3 is 23.0 Å². The van der Waals surface area contributed by atoms with Gasteiger partial charge in [0.2, 0.25) is 6.10 Å². The SMILES string of the molecule is CC(C)(C)C(=O)O[C@@H]1[C@H](O)[C@H](CO)O[C@@](OC(=O)C(C)(C)C)(S(=O)c2ccccc2)[C@H]1OC(=O)C(C)(C)C. The number of esters is 3. The van der Waals surface area contributed by atoms with E-state index < -0.39 is 81.1 Å². The van der Waals surface area contributed by atoms with Crippen LogP contribution in [0.2, 0.25) is 0 Å². The van der Waals surface area contributed by atoms with Crippen molar-refractivity contribution in [2.24, 2.45) is 16.2 Å². The van der Waals surface area contributed by atoms with E-state index in [1.54, 1.807) is 80.5 Å². The van der Waals surface area contributed by atoms with E-state index in [2.05, 4.69) is 0 Å². The van der Waals surface area contributed by atoms with Gasteiger partial charge in [-0.25, -0.2) is 4.21 Å². The molecule has 0 amide bonds. The Morgan fingerprint density at radius 3 is 1.79 bits per heavy atom. The fourth-order valence-corrected chi connectivity index (χ4v) is 4.70. The molecule has 0 bridgehead atoms. The Balaban J connectivity index is 2.86. The van der Waals surface area contributed by atoms with Crippen LogP contribution in [0.5, 0.6) is 0 Å². The van der Waals surface area contributed by atoms with Crippen molar-refractivity contribution in [3.8, 4) is 0 Å². The van der Waals surface area contributed by atoms with Crippen LogP contribution in [0.4, 0.5) is 0 Å². The molecule has 214 valence electrons. The Bertz CT molecular complexity index is 1030. The quantitative estimate of drug-likeness (QED) is 0.396. The zero-order chi connectivity index (χ0) is 29.3. The summed E-state index contributed by atoms with van der Waals surface area (Å²) in [6.07, 6.45) is -6.82. The number of hydrogen-bond donors (Lipinski definition) is 2. The lowest BCUT2D eigenvalue weighted by molar-refractivity contribution is -0.320. The van der Waals surface area contributed by atoms with Gasteiger partial charge in [-0.05, 0) is 74.4 Å². The minimum Gasteiger partial charge on any atom is -0.455 e. The molecule has 0 radical (unpaired) electrons. The van der Waals surface area contributed by atoms with E-state index in [0.717, 1.165) is 0 Å². The van der Waals surface area contributed by atoms with Crippen LogP contribution in [-0.2, 0) is 44.1 Å². The zero-order valence-electron chi connectivity index (χ0n) is 23.5. The van der Waals surface area contributed by atoms with Crippen LogP contribution in [-0.4, -0.2) is 68.5 Å². The Hall–Kier alpha value is -2.34. The van der Waals surface area contributed by atoms with E-state index in [1.807, 2.05) is 0 Å². The van der Waals surface area contributed by atoms with E-state index in [9.17, 15) is 28.8 Å². The average molecular weight is 557 g/mol. The lowest BCUT2D eigenvalue weighted by atomic mass is 9.93. The summed E-state index contributed by atoms with van der Waals surface area (Å²) >= 11 is 0. The number of carbonyl (C=O) groups excluding carboxylic acids is 3. The van der Waals surface area contributed by atoms with Gasteiger partial charge in [0, 0.05) is 4.90 Å². The Labute approximate surface area is 226 Å². The maximum Gasteiger partial charge on any atom is 0.337 e. The monoisotopic (exact) mass is 556 g/mol. The number of carbonyl (C=O) groups is 3. The number of hydrogen-bond acceptors (Lipinski definition) is 10. The molecular weight excluding hydrogens is 516 g/mol. The molecule has 1 aliphatic heterocycles. The number of benzene rings is 1. The van der Waals surface area contributed by atoms with Gasteiger partial charge in [0.25, 0.3) is 0 Å². The third-order valence-electron chi connectivity index (χ3n) is 5.62.